The summed E-state index contributed by atoms with van der Waals surface area (Å²) in [4.78, 5) is 3.55. The number of rotatable bonds is 1. The van der Waals surface area contributed by atoms with Crippen molar-refractivity contribution in [2.24, 2.45) is 0 Å². The molecule has 1 aromatic heterocycles. The van der Waals surface area contributed by atoms with Crippen molar-refractivity contribution < 1.29 is 22.0 Å². The molecular formula is C11H3ClF5N. The highest BCUT2D eigenvalue weighted by Crippen LogP contribution is 2.34. The van der Waals surface area contributed by atoms with Gasteiger partial charge in [0.25, 0.3) is 0 Å². The molecule has 94 valence electrons. The van der Waals surface area contributed by atoms with E-state index in [2.05, 4.69) is 4.98 Å². The smallest absolute Gasteiger partial charge is 0.200 e. The average molecular weight is 280 g/mol. The Morgan fingerprint density at radius 2 is 1.33 bits per heavy atom. The molecule has 0 radical (unpaired) electrons. The number of nitrogens with zero attached hydrogens (tertiary/aromatic N) is 1. The molecule has 7 heteroatoms. The molecule has 0 amide bonds. The number of hydrogen-bond acceptors (Lipinski definition) is 1. The summed E-state index contributed by atoms with van der Waals surface area (Å²) in [5.74, 6) is -10.1. The van der Waals surface area contributed by atoms with Crippen molar-refractivity contribution in [2.75, 3.05) is 0 Å². The van der Waals surface area contributed by atoms with E-state index in [1.165, 1.54) is 0 Å². The van der Waals surface area contributed by atoms with Gasteiger partial charge in [0.15, 0.2) is 23.3 Å². The first-order valence-electron chi connectivity index (χ1n) is 4.56. The lowest BCUT2D eigenvalue weighted by atomic mass is 10.0. The second-order valence-corrected chi connectivity index (χ2v) is 3.71. The van der Waals surface area contributed by atoms with Crippen molar-refractivity contribution in [3.63, 3.8) is 0 Å². The minimum Gasteiger partial charge on any atom is -0.263 e. The summed E-state index contributed by atoms with van der Waals surface area (Å²) >= 11 is 5.61. The molecule has 0 aliphatic rings. The summed E-state index contributed by atoms with van der Waals surface area (Å²) < 4.78 is 65.8. The van der Waals surface area contributed by atoms with E-state index >= 15 is 0 Å². The summed E-state index contributed by atoms with van der Waals surface area (Å²) in [6.45, 7) is 0. The standard InChI is InChI=1S/C11H3ClF5N/c12-5-3-18-2-1-4(5)6-7(13)9(15)11(17)10(16)8(6)14/h1-3H. The van der Waals surface area contributed by atoms with Crippen LogP contribution in [0.3, 0.4) is 0 Å². The number of benzene rings is 1. The van der Waals surface area contributed by atoms with Crippen LogP contribution in [0.1, 0.15) is 0 Å². The van der Waals surface area contributed by atoms with E-state index in [-0.39, 0.29) is 10.6 Å². The molecule has 1 nitrogen and oxygen atoms in total. The molecular weight excluding hydrogens is 277 g/mol. The van der Waals surface area contributed by atoms with Gasteiger partial charge in [-0.2, -0.15) is 0 Å². The van der Waals surface area contributed by atoms with Gasteiger partial charge >= 0.3 is 0 Å². The summed E-state index contributed by atoms with van der Waals surface area (Å²) in [6, 6.07) is 1.06. The van der Waals surface area contributed by atoms with Crippen molar-refractivity contribution in [1.82, 2.24) is 4.98 Å². The Morgan fingerprint density at radius 1 is 0.833 bits per heavy atom. The Labute approximate surface area is 103 Å². The molecule has 0 aliphatic heterocycles. The van der Waals surface area contributed by atoms with Gasteiger partial charge in [0.05, 0.1) is 10.6 Å². The normalized spacial score (nSPS) is 10.8. The first-order valence-corrected chi connectivity index (χ1v) is 4.94. The highest BCUT2D eigenvalue weighted by molar-refractivity contribution is 6.33. The van der Waals surface area contributed by atoms with Crippen LogP contribution in [-0.2, 0) is 0 Å². The minimum absolute atomic E-state index is 0.222. The summed E-state index contributed by atoms with van der Waals surface area (Å²) in [7, 11) is 0. The molecule has 0 saturated carbocycles. The van der Waals surface area contributed by atoms with Gasteiger partial charge in [0.1, 0.15) is 0 Å². The van der Waals surface area contributed by atoms with Crippen LogP contribution in [0, 0.1) is 29.1 Å². The monoisotopic (exact) mass is 279 g/mol. The first kappa shape index (κ1) is 12.8. The van der Waals surface area contributed by atoms with Crippen LogP contribution in [0.15, 0.2) is 18.5 Å². The lowest BCUT2D eigenvalue weighted by molar-refractivity contribution is 0.381. The van der Waals surface area contributed by atoms with Gasteiger partial charge in [0, 0.05) is 18.0 Å². The Morgan fingerprint density at radius 3 is 1.83 bits per heavy atom. The second kappa shape index (κ2) is 4.53. The van der Waals surface area contributed by atoms with Crippen LogP contribution in [0.4, 0.5) is 22.0 Å². The van der Waals surface area contributed by atoms with Gasteiger partial charge in [-0.05, 0) is 6.07 Å². The predicted molar refractivity (Wildman–Crippen MR) is 54.5 cm³/mol. The Bertz CT molecular complexity index is 600. The Hall–Kier alpha value is -1.69. The highest BCUT2D eigenvalue weighted by atomic mass is 35.5. The lowest BCUT2D eigenvalue weighted by Gasteiger charge is -2.09. The van der Waals surface area contributed by atoms with Crippen molar-refractivity contribution in [3.8, 4) is 11.1 Å². The fraction of sp³-hybridized carbons (Fsp3) is 0. The average Bonchev–Trinajstić information content (AvgIpc) is 2.36. The highest BCUT2D eigenvalue weighted by Gasteiger charge is 2.27. The zero-order valence-electron chi connectivity index (χ0n) is 8.45. The topological polar surface area (TPSA) is 12.9 Å². The van der Waals surface area contributed by atoms with Crippen molar-refractivity contribution in [2.45, 2.75) is 0 Å². The fourth-order valence-electron chi connectivity index (χ4n) is 1.42. The van der Waals surface area contributed by atoms with E-state index in [9.17, 15) is 22.0 Å². The third-order valence-electron chi connectivity index (χ3n) is 2.25. The van der Waals surface area contributed by atoms with Crippen molar-refractivity contribution >= 4 is 11.6 Å². The number of halogens is 6. The van der Waals surface area contributed by atoms with Crippen molar-refractivity contribution in [1.29, 1.82) is 0 Å². The van der Waals surface area contributed by atoms with Crippen LogP contribution < -0.4 is 0 Å². The Kier molecular flexibility index (Phi) is 3.21. The molecule has 0 aliphatic carbocycles. The number of aromatic nitrogens is 1. The number of pyridine rings is 1. The van der Waals surface area contributed by atoms with E-state index in [1.54, 1.807) is 0 Å². The van der Waals surface area contributed by atoms with Gasteiger partial charge in [-0.25, -0.2) is 22.0 Å². The molecule has 1 aromatic carbocycles. The molecule has 2 aromatic rings. The van der Waals surface area contributed by atoms with E-state index in [0.717, 1.165) is 18.5 Å². The van der Waals surface area contributed by atoms with E-state index in [1.807, 2.05) is 0 Å². The maximum atomic E-state index is 13.5. The molecule has 0 fully saturated rings. The van der Waals surface area contributed by atoms with E-state index < -0.39 is 34.6 Å². The molecule has 0 spiro atoms. The third-order valence-corrected chi connectivity index (χ3v) is 2.55. The quantitative estimate of drug-likeness (QED) is 0.435. The summed E-state index contributed by atoms with van der Waals surface area (Å²) in [5, 5.41) is -0.222. The van der Waals surface area contributed by atoms with Gasteiger partial charge in [-0.15, -0.1) is 0 Å². The fourth-order valence-corrected chi connectivity index (χ4v) is 1.63. The second-order valence-electron chi connectivity index (χ2n) is 3.30. The Balaban J connectivity index is 2.85. The molecule has 2 rings (SSSR count). The zero-order chi connectivity index (χ0) is 13.4. The third kappa shape index (κ3) is 1.82. The first-order chi connectivity index (χ1) is 8.45. The minimum atomic E-state index is -2.21. The van der Waals surface area contributed by atoms with E-state index in [4.69, 9.17) is 11.6 Å². The predicted octanol–water partition coefficient (Wildman–Crippen LogP) is 4.10. The van der Waals surface area contributed by atoms with Gasteiger partial charge in [-0.1, -0.05) is 11.6 Å². The van der Waals surface area contributed by atoms with Crippen LogP contribution in [0.5, 0.6) is 0 Å². The molecule has 0 atom stereocenters. The largest absolute Gasteiger partial charge is 0.263 e. The van der Waals surface area contributed by atoms with Crippen LogP contribution in [0.2, 0.25) is 5.02 Å². The van der Waals surface area contributed by atoms with Gasteiger partial charge < -0.3 is 0 Å². The summed E-state index contributed by atoms with van der Waals surface area (Å²) in [5.41, 5.74) is -1.39. The molecule has 0 unspecified atom stereocenters. The maximum Gasteiger partial charge on any atom is 0.200 e. The molecule has 0 saturated heterocycles. The molecule has 0 bridgehead atoms. The zero-order valence-corrected chi connectivity index (χ0v) is 9.20. The van der Waals surface area contributed by atoms with Crippen LogP contribution in [-0.4, -0.2) is 4.98 Å². The van der Waals surface area contributed by atoms with Crippen molar-refractivity contribution in [3.05, 3.63) is 52.6 Å². The molecule has 18 heavy (non-hydrogen) atoms. The lowest BCUT2D eigenvalue weighted by Crippen LogP contribution is -2.04. The van der Waals surface area contributed by atoms with Gasteiger partial charge in [0.2, 0.25) is 5.82 Å². The molecule has 1 heterocycles. The van der Waals surface area contributed by atoms with Crippen LogP contribution in [0.25, 0.3) is 11.1 Å². The SMILES string of the molecule is Fc1c(F)c(F)c(-c2ccncc2Cl)c(F)c1F. The number of hydrogen-bond donors (Lipinski definition) is 0. The maximum absolute atomic E-state index is 13.5. The molecule has 0 N–H and O–H groups in total. The summed E-state index contributed by atoms with van der Waals surface area (Å²) in [6.07, 6.45) is 2.16. The van der Waals surface area contributed by atoms with Gasteiger partial charge in [-0.3, -0.25) is 4.98 Å². The van der Waals surface area contributed by atoms with Crippen LogP contribution >= 0.6 is 11.6 Å². The van der Waals surface area contributed by atoms with E-state index in [0.29, 0.717) is 0 Å².